The lowest BCUT2D eigenvalue weighted by molar-refractivity contribution is -0.385. The largest absolute Gasteiger partial charge is 0.309 e. The fourth-order valence-corrected chi connectivity index (χ4v) is 2.96. The third-order valence-electron chi connectivity index (χ3n) is 3.80. The molecule has 9 nitrogen and oxygen atoms in total. The molecule has 0 aliphatic rings. The Kier molecular flexibility index (Phi) is 5.57. The van der Waals surface area contributed by atoms with E-state index in [1.807, 2.05) is 12.1 Å². The van der Waals surface area contributed by atoms with Crippen molar-refractivity contribution in [3.05, 3.63) is 67.5 Å². The number of nitrogens with zero attached hydrogens (tertiary/aromatic N) is 5. The fraction of sp³-hybridized carbons (Fsp3) is 0.188. The summed E-state index contributed by atoms with van der Waals surface area (Å²) in [5, 5.41) is 22.4. The minimum Gasteiger partial charge on any atom is -0.307 e. The van der Waals surface area contributed by atoms with Gasteiger partial charge in [-0.2, -0.15) is 10.2 Å². The Hall–Kier alpha value is -2.72. The number of rotatable bonds is 6. The van der Waals surface area contributed by atoms with Crippen LogP contribution in [0.2, 0.25) is 5.02 Å². The molecule has 0 fully saturated rings. The first kappa shape index (κ1) is 19.1. The molecule has 0 aliphatic carbocycles. The molecule has 0 saturated carbocycles. The van der Waals surface area contributed by atoms with E-state index in [1.54, 1.807) is 23.0 Å². The Balaban J connectivity index is 1.67. The highest BCUT2D eigenvalue weighted by atomic mass is 79.9. The zero-order valence-electron chi connectivity index (χ0n) is 14.1. The normalized spacial score (nSPS) is 10.8. The first-order valence-corrected chi connectivity index (χ1v) is 8.94. The summed E-state index contributed by atoms with van der Waals surface area (Å²) in [6.45, 7) is 1.89. The molecule has 2 aromatic heterocycles. The van der Waals surface area contributed by atoms with Crippen molar-refractivity contribution in [2.24, 2.45) is 0 Å². The summed E-state index contributed by atoms with van der Waals surface area (Å²) >= 11 is 9.24. The second-order valence-corrected chi connectivity index (χ2v) is 7.02. The highest BCUT2D eigenvalue weighted by Gasteiger charge is 2.18. The Bertz CT molecular complexity index is 998. The van der Waals surface area contributed by atoms with Gasteiger partial charge in [-0.15, -0.1) is 0 Å². The number of nitrogens with one attached hydrogen (secondary N) is 1. The number of nitro groups is 1. The van der Waals surface area contributed by atoms with Crippen LogP contribution in [0.1, 0.15) is 11.3 Å². The molecule has 0 unspecified atom stereocenters. The second kappa shape index (κ2) is 7.89. The molecule has 2 heterocycles. The highest BCUT2D eigenvalue weighted by molar-refractivity contribution is 9.10. The van der Waals surface area contributed by atoms with Crippen LogP contribution in [0.3, 0.4) is 0 Å². The third kappa shape index (κ3) is 4.52. The van der Waals surface area contributed by atoms with Gasteiger partial charge in [0.25, 0.3) is 0 Å². The molecule has 1 aromatic carbocycles. The molecule has 140 valence electrons. The zero-order valence-corrected chi connectivity index (χ0v) is 16.4. The Labute approximate surface area is 167 Å². The van der Waals surface area contributed by atoms with Crippen molar-refractivity contribution < 1.29 is 9.72 Å². The van der Waals surface area contributed by atoms with Crippen molar-refractivity contribution in [2.75, 3.05) is 5.32 Å². The molecule has 0 spiro atoms. The van der Waals surface area contributed by atoms with Crippen LogP contribution in [0.5, 0.6) is 0 Å². The van der Waals surface area contributed by atoms with Crippen molar-refractivity contribution in [3.63, 3.8) is 0 Å². The van der Waals surface area contributed by atoms with Gasteiger partial charge < -0.3 is 5.32 Å². The average molecular weight is 454 g/mol. The van der Waals surface area contributed by atoms with E-state index in [4.69, 9.17) is 11.6 Å². The molecule has 27 heavy (non-hydrogen) atoms. The van der Waals surface area contributed by atoms with Gasteiger partial charge in [-0.05, 0) is 40.5 Å². The van der Waals surface area contributed by atoms with Crippen molar-refractivity contribution in [1.29, 1.82) is 0 Å². The third-order valence-corrected chi connectivity index (χ3v) is 4.63. The number of halogens is 2. The summed E-state index contributed by atoms with van der Waals surface area (Å²) in [4.78, 5) is 22.6. The molecule has 3 aromatic rings. The van der Waals surface area contributed by atoms with E-state index in [-0.39, 0.29) is 12.2 Å². The monoisotopic (exact) mass is 452 g/mol. The minimum absolute atomic E-state index is 0.128. The Morgan fingerprint density at radius 3 is 2.70 bits per heavy atom. The molecule has 0 bridgehead atoms. The van der Waals surface area contributed by atoms with E-state index in [1.165, 1.54) is 11.6 Å². The lowest BCUT2D eigenvalue weighted by Crippen LogP contribution is -2.21. The molecule has 0 atom stereocenters. The van der Waals surface area contributed by atoms with Gasteiger partial charge >= 0.3 is 5.69 Å². The molecule has 0 radical (unpaired) electrons. The lowest BCUT2D eigenvalue weighted by Gasteiger charge is -2.05. The van der Waals surface area contributed by atoms with Gasteiger partial charge in [-0.3, -0.25) is 24.3 Å². The standard InChI is InChI=1S/C16H14BrClN6O3/c1-10-14(24(26)27)6-19-23(10)9-15(25)20-16-13(17)8-22(21-16)7-11-2-4-12(18)5-3-11/h2-6,8H,7,9H2,1H3,(H,20,21,25). The van der Waals surface area contributed by atoms with E-state index in [9.17, 15) is 14.9 Å². The van der Waals surface area contributed by atoms with Crippen LogP contribution in [0, 0.1) is 17.0 Å². The van der Waals surface area contributed by atoms with Crippen LogP contribution < -0.4 is 5.32 Å². The van der Waals surface area contributed by atoms with Crippen molar-refractivity contribution in [3.8, 4) is 0 Å². The summed E-state index contributed by atoms with van der Waals surface area (Å²) in [6.07, 6.45) is 2.87. The summed E-state index contributed by atoms with van der Waals surface area (Å²) in [7, 11) is 0. The lowest BCUT2D eigenvalue weighted by atomic mass is 10.2. The predicted octanol–water partition coefficient (Wildman–Crippen LogP) is 3.40. The zero-order chi connectivity index (χ0) is 19.6. The van der Waals surface area contributed by atoms with E-state index in [0.29, 0.717) is 27.6 Å². The van der Waals surface area contributed by atoms with Gasteiger partial charge in [0.15, 0.2) is 5.82 Å². The van der Waals surface area contributed by atoms with Crippen LogP contribution in [0.15, 0.2) is 41.1 Å². The molecule has 0 saturated heterocycles. The van der Waals surface area contributed by atoms with Gasteiger partial charge in [0, 0.05) is 11.2 Å². The molecule has 11 heteroatoms. The summed E-state index contributed by atoms with van der Waals surface area (Å²) in [5.41, 5.74) is 1.19. The number of carbonyl (C=O) groups excluding carboxylic acids is 1. The van der Waals surface area contributed by atoms with Crippen LogP contribution in [-0.4, -0.2) is 30.4 Å². The minimum atomic E-state index is -0.536. The number of hydrogen-bond donors (Lipinski definition) is 1. The number of carbonyl (C=O) groups is 1. The highest BCUT2D eigenvalue weighted by Crippen LogP contribution is 2.22. The summed E-state index contributed by atoms with van der Waals surface area (Å²) < 4.78 is 3.56. The average Bonchev–Trinajstić information content (AvgIpc) is 3.13. The Morgan fingerprint density at radius 1 is 1.37 bits per heavy atom. The Morgan fingerprint density at radius 2 is 2.07 bits per heavy atom. The molecular weight excluding hydrogens is 440 g/mol. The summed E-state index contributed by atoms with van der Waals surface area (Å²) in [6, 6.07) is 7.38. The van der Waals surface area contributed by atoms with Crippen LogP contribution in [0.4, 0.5) is 11.5 Å². The van der Waals surface area contributed by atoms with E-state index in [2.05, 4.69) is 31.4 Å². The predicted molar refractivity (Wildman–Crippen MR) is 103 cm³/mol. The summed E-state index contributed by atoms with van der Waals surface area (Å²) in [5.74, 6) is -0.0400. The number of anilines is 1. The topological polar surface area (TPSA) is 108 Å². The number of benzene rings is 1. The maximum atomic E-state index is 12.2. The van der Waals surface area contributed by atoms with Crippen LogP contribution in [-0.2, 0) is 17.9 Å². The van der Waals surface area contributed by atoms with E-state index < -0.39 is 10.8 Å². The first-order chi connectivity index (χ1) is 12.8. The molecular formula is C16H14BrClN6O3. The van der Waals surface area contributed by atoms with Crippen molar-refractivity contribution >= 4 is 44.9 Å². The number of amides is 1. The second-order valence-electron chi connectivity index (χ2n) is 5.73. The van der Waals surface area contributed by atoms with Gasteiger partial charge in [0.1, 0.15) is 18.4 Å². The SMILES string of the molecule is Cc1c([N+](=O)[O-])cnn1CC(=O)Nc1nn(Cc2ccc(Cl)cc2)cc1Br. The van der Waals surface area contributed by atoms with Gasteiger partial charge in [-0.1, -0.05) is 23.7 Å². The maximum Gasteiger partial charge on any atom is 0.309 e. The molecule has 1 amide bonds. The first-order valence-electron chi connectivity index (χ1n) is 7.77. The molecule has 0 aliphatic heterocycles. The van der Waals surface area contributed by atoms with Crippen molar-refractivity contribution in [1.82, 2.24) is 19.6 Å². The van der Waals surface area contributed by atoms with Gasteiger partial charge in [-0.25, -0.2) is 0 Å². The molecule has 1 N–H and O–H groups in total. The smallest absolute Gasteiger partial charge is 0.307 e. The van der Waals surface area contributed by atoms with Crippen molar-refractivity contribution in [2.45, 2.75) is 20.0 Å². The fourth-order valence-electron chi connectivity index (χ4n) is 2.42. The molecule has 3 rings (SSSR count). The van der Waals surface area contributed by atoms with E-state index in [0.717, 1.165) is 11.8 Å². The van der Waals surface area contributed by atoms with Crippen LogP contribution in [0.25, 0.3) is 0 Å². The maximum absolute atomic E-state index is 12.2. The van der Waals surface area contributed by atoms with Gasteiger partial charge in [0.2, 0.25) is 5.91 Å². The quantitative estimate of drug-likeness (QED) is 0.454. The van der Waals surface area contributed by atoms with Gasteiger partial charge in [0.05, 0.1) is 15.9 Å². The van der Waals surface area contributed by atoms with E-state index >= 15 is 0 Å². The van der Waals surface area contributed by atoms with Crippen LogP contribution >= 0.6 is 27.5 Å². The number of aromatic nitrogens is 4. The number of hydrogen-bond acceptors (Lipinski definition) is 5.